The van der Waals surface area contributed by atoms with E-state index >= 15 is 0 Å². The summed E-state index contributed by atoms with van der Waals surface area (Å²) in [5, 5.41) is 3.43. The Labute approximate surface area is 171 Å². The first-order valence-corrected chi connectivity index (χ1v) is 9.23. The summed E-state index contributed by atoms with van der Waals surface area (Å²) < 4.78 is 12.2. The molecule has 0 bridgehead atoms. The zero-order valence-electron chi connectivity index (χ0n) is 15.1. The smallest absolute Gasteiger partial charge is 0.360 e. The Morgan fingerprint density at radius 3 is 2.75 bits per heavy atom. The Balaban J connectivity index is 1.85. The van der Waals surface area contributed by atoms with Gasteiger partial charge in [0.25, 0.3) is 5.91 Å². The number of ether oxygens (including phenoxy) is 2. The Morgan fingerprint density at radius 1 is 1.25 bits per heavy atom. The number of anilines is 1. The van der Waals surface area contributed by atoms with Crippen LogP contribution in [0.5, 0.6) is 5.75 Å². The molecule has 1 amide bonds. The summed E-state index contributed by atoms with van der Waals surface area (Å²) in [6, 6.07) is 9.95. The van der Waals surface area contributed by atoms with Gasteiger partial charge < -0.3 is 14.8 Å². The summed E-state index contributed by atoms with van der Waals surface area (Å²) in [6.07, 6.45) is 0.783. The summed E-state index contributed by atoms with van der Waals surface area (Å²) in [4.78, 5) is 29.2. The molecular formula is C19H17Cl2N3O4. The van der Waals surface area contributed by atoms with Crippen LogP contribution >= 0.6 is 23.2 Å². The number of imidazole rings is 1. The van der Waals surface area contributed by atoms with E-state index in [4.69, 9.17) is 32.7 Å². The second-order valence-corrected chi connectivity index (χ2v) is 6.63. The summed E-state index contributed by atoms with van der Waals surface area (Å²) in [6.45, 7) is 3.44. The van der Waals surface area contributed by atoms with Crippen molar-refractivity contribution in [3.63, 3.8) is 0 Å². The highest BCUT2D eigenvalue weighted by atomic mass is 35.5. The lowest BCUT2D eigenvalue weighted by Crippen LogP contribution is -2.31. The van der Waals surface area contributed by atoms with Crippen LogP contribution in [0.25, 0.3) is 5.65 Å². The van der Waals surface area contributed by atoms with E-state index in [1.54, 1.807) is 54.8 Å². The number of rotatable bonds is 6. The van der Waals surface area contributed by atoms with Crippen LogP contribution in [-0.4, -0.2) is 34.0 Å². The number of nitrogens with one attached hydrogen (secondary N) is 1. The van der Waals surface area contributed by atoms with Crippen molar-refractivity contribution in [2.24, 2.45) is 0 Å². The molecule has 9 heteroatoms. The van der Waals surface area contributed by atoms with Crippen LogP contribution in [0, 0.1) is 0 Å². The van der Waals surface area contributed by atoms with Crippen LogP contribution in [0.4, 0.5) is 5.82 Å². The van der Waals surface area contributed by atoms with Gasteiger partial charge in [-0.2, -0.15) is 0 Å². The molecule has 1 N–H and O–H groups in total. The number of benzene rings is 1. The molecule has 0 saturated heterocycles. The average Bonchev–Trinajstić information content (AvgIpc) is 3.03. The summed E-state index contributed by atoms with van der Waals surface area (Å²) in [7, 11) is 0. The van der Waals surface area contributed by atoms with E-state index in [9.17, 15) is 9.59 Å². The normalized spacial score (nSPS) is 11.9. The van der Waals surface area contributed by atoms with Crippen molar-refractivity contribution in [1.82, 2.24) is 9.38 Å². The van der Waals surface area contributed by atoms with E-state index in [0.29, 0.717) is 16.4 Å². The largest absolute Gasteiger partial charge is 0.479 e. The number of hydrogen-bond acceptors (Lipinski definition) is 5. The molecule has 2 heterocycles. The molecule has 1 aromatic carbocycles. The molecule has 0 aliphatic heterocycles. The minimum Gasteiger partial charge on any atom is -0.479 e. The maximum absolute atomic E-state index is 12.7. The minimum absolute atomic E-state index is 0.0122. The molecule has 0 saturated carbocycles. The lowest BCUT2D eigenvalue weighted by atomic mass is 10.3. The third kappa shape index (κ3) is 4.21. The zero-order chi connectivity index (χ0) is 20.3. The number of halogens is 2. The van der Waals surface area contributed by atoms with Gasteiger partial charge in [0.2, 0.25) is 0 Å². The summed E-state index contributed by atoms with van der Waals surface area (Å²) >= 11 is 12.0. The van der Waals surface area contributed by atoms with Gasteiger partial charge in [0.15, 0.2) is 17.6 Å². The van der Waals surface area contributed by atoms with Crippen molar-refractivity contribution in [1.29, 1.82) is 0 Å². The third-order valence-corrected chi connectivity index (χ3v) is 4.34. The van der Waals surface area contributed by atoms with E-state index in [1.807, 2.05) is 0 Å². The quantitative estimate of drug-likeness (QED) is 0.602. The number of carbonyl (C=O) groups is 2. The second kappa shape index (κ2) is 8.50. The molecule has 0 fully saturated rings. The molecule has 28 heavy (non-hydrogen) atoms. The predicted molar refractivity (Wildman–Crippen MR) is 106 cm³/mol. The topological polar surface area (TPSA) is 81.9 Å². The fraction of sp³-hybridized carbons (Fsp3) is 0.211. The van der Waals surface area contributed by atoms with E-state index in [2.05, 4.69) is 10.3 Å². The molecular weight excluding hydrogens is 405 g/mol. The van der Waals surface area contributed by atoms with Crippen molar-refractivity contribution < 1.29 is 19.1 Å². The molecule has 0 spiro atoms. The number of esters is 1. The zero-order valence-corrected chi connectivity index (χ0v) is 16.6. The molecule has 146 valence electrons. The van der Waals surface area contributed by atoms with Crippen LogP contribution in [0.15, 0.2) is 42.6 Å². The first-order valence-electron chi connectivity index (χ1n) is 8.47. The molecule has 0 radical (unpaired) electrons. The van der Waals surface area contributed by atoms with Crippen molar-refractivity contribution >= 4 is 46.5 Å². The number of nitrogens with zero attached hydrogens (tertiary/aromatic N) is 2. The minimum atomic E-state index is -0.900. The number of carbonyl (C=O) groups excluding carboxylic acids is 2. The van der Waals surface area contributed by atoms with Gasteiger partial charge in [-0.05, 0) is 44.2 Å². The Bertz CT molecular complexity index is 1040. The Morgan fingerprint density at radius 2 is 2.04 bits per heavy atom. The summed E-state index contributed by atoms with van der Waals surface area (Å²) in [5.41, 5.74) is 0.508. The number of aromatic nitrogens is 2. The van der Waals surface area contributed by atoms with Gasteiger partial charge in [0.1, 0.15) is 11.4 Å². The van der Waals surface area contributed by atoms with Crippen molar-refractivity contribution in [2.75, 3.05) is 11.9 Å². The van der Waals surface area contributed by atoms with E-state index in [-0.39, 0.29) is 23.1 Å². The van der Waals surface area contributed by atoms with Gasteiger partial charge in [-0.15, -0.1) is 0 Å². The fourth-order valence-electron chi connectivity index (χ4n) is 2.49. The lowest BCUT2D eigenvalue weighted by Gasteiger charge is -2.16. The Hall–Kier alpha value is -2.77. The van der Waals surface area contributed by atoms with Crippen molar-refractivity contribution in [3.05, 3.63) is 58.3 Å². The number of fused-ring (bicyclic) bond motifs is 1. The number of hydrogen-bond donors (Lipinski definition) is 1. The highest BCUT2D eigenvalue weighted by Crippen LogP contribution is 2.28. The number of amides is 1. The van der Waals surface area contributed by atoms with Crippen LogP contribution in [0.3, 0.4) is 0 Å². The maximum atomic E-state index is 12.7. The first-order chi connectivity index (χ1) is 13.4. The third-order valence-electron chi connectivity index (χ3n) is 3.81. The fourth-order valence-corrected chi connectivity index (χ4v) is 2.94. The van der Waals surface area contributed by atoms with E-state index < -0.39 is 18.0 Å². The van der Waals surface area contributed by atoms with Gasteiger partial charge in [-0.3, -0.25) is 9.20 Å². The Kier molecular flexibility index (Phi) is 6.06. The van der Waals surface area contributed by atoms with Crippen LogP contribution < -0.4 is 10.1 Å². The molecule has 1 atom stereocenters. The highest BCUT2D eigenvalue weighted by Gasteiger charge is 2.24. The van der Waals surface area contributed by atoms with Crippen molar-refractivity contribution in [2.45, 2.75) is 20.0 Å². The molecule has 3 rings (SSSR count). The molecule has 7 nitrogen and oxygen atoms in total. The van der Waals surface area contributed by atoms with Gasteiger partial charge in [0, 0.05) is 11.2 Å². The monoisotopic (exact) mass is 421 g/mol. The second-order valence-electron chi connectivity index (χ2n) is 5.78. The first kappa shape index (κ1) is 20.0. The van der Waals surface area contributed by atoms with Crippen LogP contribution in [0.1, 0.15) is 24.3 Å². The van der Waals surface area contributed by atoms with Gasteiger partial charge in [-0.1, -0.05) is 29.3 Å². The lowest BCUT2D eigenvalue weighted by molar-refractivity contribution is -0.122. The van der Waals surface area contributed by atoms with Gasteiger partial charge in [0.05, 0.1) is 11.6 Å². The molecule has 1 unspecified atom stereocenters. The van der Waals surface area contributed by atoms with Gasteiger partial charge in [-0.25, -0.2) is 9.78 Å². The average molecular weight is 422 g/mol. The molecule has 3 aromatic rings. The highest BCUT2D eigenvalue weighted by molar-refractivity contribution is 6.35. The van der Waals surface area contributed by atoms with E-state index in [0.717, 1.165) is 0 Å². The van der Waals surface area contributed by atoms with Gasteiger partial charge >= 0.3 is 5.97 Å². The molecule has 0 aliphatic carbocycles. The predicted octanol–water partition coefficient (Wildman–Crippen LogP) is 4.22. The van der Waals surface area contributed by atoms with Crippen LogP contribution in [-0.2, 0) is 9.53 Å². The van der Waals surface area contributed by atoms with E-state index in [1.165, 1.54) is 6.07 Å². The molecule has 2 aromatic heterocycles. The van der Waals surface area contributed by atoms with Crippen molar-refractivity contribution in [3.8, 4) is 5.75 Å². The van der Waals surface area contributed by atoms with Crippen LogP contribution in [0.2, 0.25) is 10.0 Å². The maximum Gasteiger partial charge on any atom is 0.360 e. The number of pyridine rings is 1. The summed E-state index contributed by atoms with van der Waals surface area (Å²) in [5.74, 6) is -0.591. The molecule has 0 aliphatic rings. The SMILES string of the molecule is CCOC(=O)c1nc2ccccn2c1NC(=O)C(C)Oc1ccc(Cl)cc1Cl. The standard InChI is InChI=1S/C19H17Cl2N3O4/c1-3-27-19(26)16-17(24-9-5-4-6-15(24)22-16)23-18(25)11(2)28-14-8-7-12(20)10-13(14)21/h4-11H,3H2,1-2H3,(H,23,25).